The van der Waals surface area contributed by atoms with Gasteiger partial charge in [-0.05, 0) is 26.2 Å². The van der Waals surface area contributed by atoms with Gasteiger partial charge < -0.3 is 0 Å². The molecule has 0 saturated heterocycles. The van der Waals surface area contributed by atoms with Crippen LogP contribution in [-0.4, -0.2) is 21.3 Å². The van der Waals surface area contributed by atoms with Crippen molar-refractivity contribution in [1.29, 1.82) is 0 Å². The number of fused-ring (bicyclic) bond motifs is 1. The minimum atomic E-state index is -0.449. The Kier molecular flexibility index (Phi) is 2.42. The monoisotopic (exact) mass is 206 g/mol. The molecule has 4 nitrogen and oxygen atoms in total. The molecule has 0 amide bonds. The first-order chi connectivity index (χ1) is 7.11. The number of ketones is 2. The summed E-state index contributed by atoms with van der Waals surface area (Å²) in [7, 11) is 1.83. The zero-order valence-corrected chi connectivity index (χ0v) is 8.99. The summed E-state index contributed by atoms with van der Waals surface area (Å²) in [4.78, 5) is 23.3. The molecule has 0 radical (unpaired) electrons. The zero-order chi connectivity index (χ0) is 11.0. The predicted octanol–water partition coefficient (Wildman–Crippen LogP) is 1.14. The molecule has 1 atom stereocenters. The SMILES string of the molecule is CC(=O)C1CCCc2c(cnn2C)C1=O. The summed E-state index contributed by atoms with van der Waals surface area (Å²) in [5.74, 6) is -0.532. The van der Waals surface area contributed by atoms with E-state index in [4.69, 9.17) is 0 Å². The standard InChI is InChI=1S/C11H14N2O2/c1-7(14)8-4-3-5-10-9(11(8)15)6-12-13(10)2/h6,8H,3-5H2,1-2H3. The van der Waals surface area contributed by atoms with Crippen LogP contribution >= 0.6 is 0 Å². The lowest BCUT2D eigenvalue weighted by molar-refractivity contribution is -0.119. The van der Waals surface area contributed by atoms with Crippen molar-refractivity contribution in [2.75, 3.05) is 0 Å². The van der Waals surface area contributed by atoms with Gasteiger partial charge in [0, 0.05) is 12.7 Å². The fourth-order valence-electron chi connectivity index (χ4n) is 2.15. The maximum Gasteiger partial charge on any atom is 0.176 e. The van der Waals surface area contributed by atoms with Crippen LogP contribution in [0.25, 0.3) is 0 Å². The highest BCUT2D eigenvalue weighted by atomic mass is 16.1. The maximum absolute atomic E-state index is 12.0. The molecule has 0 aliphatic heterocycles. The Morgan fingerprint density at radius 1 is 1.60 bits per heavy atom. The molecular formula is C11H14N2O2. The fourth-order valence-corrected chi connectivity index (χ4v) is 2.15. The highest BCUT2D eigenvalue weighted by molar-refractivity contribution is 6.10. The minimum absolute atomic E-state index is 0.0308. The van der Waals surface area contributed by atoms with E-state index in [9.17, 15) is 9.59 Å². The van der Waals surface area contributed by atoms with Crippen molar-refractivity contribution in [2.24, 2.45) is 13.0 Å². The average molecular weight is 206 g/mol. The number of rotatable bonds is 1. The van der Waals surface area contributed by atoms with Crippen LogP contribution in [0, 0.1) is 5.92 Å². The van der Waals surface area contributed by atoms with Crippen LogP contribution in [0.1, 0.15) is 35.8 Å². The first kappa shape index (κ1) is 10.1. The Balaban J connectivity index is 2.43. The lowest BCUT2D eigenvalue weighted by Gasteiger charge is -2.07. The first-order valence-electron chi connectivity index (χ1n) is 5.17. The van der Waals surface area contributed by atoms with Gasteiger partial charge in [0.05, 0.1) is 17.7 Å². The van der Waals surface area contributed by atoms with Gasteiger partial charge in [-0.1, -0.05) is 0 Å². The zero-order valence-electron chi connectivity index (χ0n) is 8.99. The molecule has 1 heterocycles. The number of hydrogen-bond acceptors (Lipinski definition) is 3. The van der Waals surface area contributed by atoms with Crippen LogP contribution in [0.3, 0.4) is 0 Å². The maximum atomic E-state index is 12.0. The third kappa shape index (κ3) is 1.60. The number of carbonyl (C=O) groups is 2. The van der Waals surface area contributed by atoms with E-state index >= 15 is 0 Å². The van der Waals surface area contributed by atoms with Gasteiger partial charge in [-0.3, -0.25) is 14.3 Å². The molecule has 1 unspecified atom stereocenters. The van der Waals surface area contributed by atoms with Crippen molar-refractivity contribution >= 4 is 11.6 Å². The van der Waals surface area contributed by atoms with E-state index in [1.165, 1.54) is 6.92 Å². The van der Waals surface area contributed by atoms with Gasteiger partial charge in [0.1, 0.15) is 5.78 Å². The molecule has 2 rings (SSSR count). The Morgan fingerprint density at radius 3 is 3.00 bits per heavy atom. The van der Waals surface area contributed by atoms with Gasteiger partial charge in [-0.15, -0.1) is 0 Å². The smallest absolute Gasteiger partial charge is 0.176 e. The highest BCUT2D eigenvalue weighted by Crippen LogP contribution is 2.24. The summed E-state index contributed by atoms with van der Waals surface area (Å²) in [6.45, 7) is 1.49. The molecule has 1 aromatic rings. The van der Waals surface area contributed by atoms with Crippen LogP contribution in [0.4, 0.5) is 0 Å². The van der Waals surface area contributed by atoms with Crippen molar-refractivity contribution in [3.05, 3.63) is 17.5 Å². The van der Waals surface area contributed by atoms with E-state index in [2.05, 4.69) is 5.10 Å². The van der Waals surface area contributed by atoms with Gasteiger partial charge in [-0.2, -0.15) is 5.10 Å². The summed E-state index contributed by atoms with van der Waals surface area (Å²) in [6, 6.07) is 0. The molecule has 1 aromatic heterocycles. The fraction of sp³-hybridized carbons (Fsp3) is 0.545. The number of carbonyl (C=O) groups excluding carboxylic acids is 2. The number of aryl methyl sites for hydroxylation is 1. The van der Waals surface area contributed by atoms with Crippen molar-refractivity contribution in [2.45, 2.75) is 26.2 Å². The molecule has 0 bridgehead atoms. The highest BCUT2D eigenvalue weighted by Gasteiger charge is 2.30. The molecule has 0 fully saturated rings. The molecule has 80 valence electrons. The van der Waals surface area contributed by atoms with Gasteiger partial charge >= 0.3 is 0 Å². The van der Waals surface area contributed by atoms with E-state index in [1.807, 2.05) is 7.05 Å². The average Bonchev–Trinajstić information content (AvgIpc) is 2.44. The van der Waals surface area contributed by atoms with Crippen LogP contribution in [0.15, 0.2) is 6.20 Å². The van der Waals surface area contributed by atoms with E-state index in [-0.39, 0.29) is 11.6 Å². The minimum Gasteiger partial charge on any atom is -0.299 e. The summed E-state index contributed by atoms with van der Waals surface area (Å²) in [5.41, 5.74) is 1.60. The second-order valence-electron chi connectivity index (χ2n) is 4.05. The largest absolute Gasteiger partial charge is 0.299 e. The molecular weight excluding hydrogens is 192 g/mol. The van der Waals surface area contributed by atoms with Crippen LogP contribution in [-0.2, 0) is 18.3 Å². The Hall–Kier alpha value is -1.45. The van der Waals surface area contributed by atoms with Crippen LogP contribution in [0.2, 0.25) is 0 Å². The second kappa shape index (κ2) is 3.61. The van der Waals surface area contributed by atoms with E-state index in [1.54, 1.807) is 10.9 Å². The predicted molar refractivity (Wildman–Crippen MR) is 54.6 cm³/mol. The first-order valence-corrected chi connectivity index (χ1v) is 5.17. The van der Waals surface area contributed by atoms with Crippen molar-refractivity contribution in [3.63, 3.8) is 0 Å². The quantitative estimate of drug-likeness (QED) is 0.511. The third-order valence-corrected chi connectivity index (χ3v) is 3.04. The molecule has 4 heteroatoms. The number of hydrogen-bond donors (Lipinski definition) is 0. The lowest BCUT2D eigenvalue weighted by atomic mass is 9.93. The summed E-state index contributed by atoms with van der Waals surface area (Å²) in [6.07, 6.45) is 3.96. The van der Waals surface area contributed by atoms with Gasteiger partial charge in [-0.25, -0.2) is 0 Å². The van der Waals surface area contributed by atoms with E-state index in [0.29, 0.717) is 12.0 Å². The van der Waals surface area contributed by atoms with Crippen LogP contribution < -0.4 is 0 Å². The Bertz CT molecular complexity index is 420. The summed E-state index contributed by atoms with van der Waals surface area (Å²) >= 11 is 0. The Morgan fingerprint density at radius 2 is 2.33 bits per heavy atom. The Labute approximate surface area is 88.3 Å². The number of Topliss-reactive ketones (excluding diaryl/α,β-unsaturated/α-hetero) is 2. The molecule has 1 aliphatic carbocycles. The molecule has 1 aliphatic rings. The molecule has 0 spiro atoms. The van der Waals surface area contributed by atoms with E-state index < -0.39 is 5.92 Å². The molecule has 0 N–H and O–H groups in total. The number of aromatic nitrogens is 2. The van der Waals surface area contributed by atoms with Gasteiger partial charge in [0.15, 0.2) is 5.78 Å². The number of nitrogens with zero attached hydrogens (tertiary/aromatic N) is 2. The summed E-state index contributed by atoms with van der Waals surface area (Å²) in [5, 5.41) is 4.07. The van der Waals surface area contributed by atoms with Crippen molar-refractivity contribution in [3.8, 4) is 0 Å². The lowest BCUT2D eigenvalue weighted by Crippen LogP contribution is -2.20. The van der Waals surface area contributed by atoms with E-state index in [0.717, 1.165) is 18.5 Å². The normalized spacial score (nSPS) is 20.9. The van der Waals surface area contributed by atoms with Gasteiger partial charge in [0.25, 0.3) is 0 Å². The third-order valence-electron chi connectivity index (χ3n) is 3.04. The molecule has 15 heavy (non-hydrogen) atoms. The molecule has 0 aromatic carbocycles. The topological polar surface area (TPSA) is 52.0 Å². The van der Waals surface area contributed by atoms with Crippen LogP contribution in [0.5, 0.6) is 0 Å². The van der Waals surface area contributed by atoms with Gasteiger partial charge in [0.2, 0.25) is 0 Å². The molecule has 0 saturated carbocycles. The second-order valence-corrected chi connectivity index (χ2v) is 4.05. The van der Waals surface area contributed by atoms with Crippen molar-refractivity contribution < 1.29 is 9.59 Å². The van der Waals surface area contributed by atoms with Crippen molar-refractivity contribution in [1.82, 2.24) is 9.78 Å². The summed E-state index contributed by atoms with van der Waals surface area (Å²) < 4.78 is 1.73.